The molecule has 0 atom stereocenters. The summed E-state index contributed by atoms with van der Waals surface area (Å²) in [6, 6.07) is 74.1. The van der Waals surface area contributed by atoms with Crippen LogP contribution in [0.25, 0.3) is 0 Å². The second-order valence-corrected chi connectivity index (χ2v) is 20.4. The molecule has 0 N–H and O–H groups in total. The predicted octanol–water partition coefficient (Wildman–Crippen LogP) is 3.12. The first-order valence-electron chi connectivity index (χ1n) is 18.2. The zero-order valence-electron chi connectivity index (χ0n) is 30.1. The maximum atomic E-state index is 6.47. The molecule has 0 spiro atoms. The molecule has 1 aliphatic rings. The van der Waals surface area contributed by atoms with Crippen LogP contribution in [0.3, 0.4) is 0 Å². The molecule has 1 aliphatic heterocycles. The Labute approximate surface area is 342 Å². The van der Waals surface area contributed by atoms with E-state index in [4.69, 9.17) is 9.47 Å². The van der Waals surface area contributed by atoms with Crippen LogP contribution in [0.5, 0.6) is 0 Å². The van der Waals surface area contributed by atoms with Gasteiger partial charge in [0.05, 0.1) is 25.5 Å². The van der Waals surface area contributed by atoms with Gasteiger partial charge in [-0.25, -0.2) is 0 Å². The van der Waals surface area contributed by atoms with Crippen molar-refractivity contribution < 1.29 is 43.4 Å². The standard InChI is InChI=1S/C48H44O2P2.2BrH/c1-7-20-41(21-8-1)51(42-22-9-2-10-23-42,43-24-11-3-12-25-43)37-39-32-33-40(47(36-39)48-49-34-19-35-50-48)38-52(44-26-13-4-14-27-44,45-28-15-5-16-29-45)46-30-17-6-18-31-46;;/h1-18,20-33,36,48H,19,34-35,37-38H2;2*1H/q+2;;/p-2. The summed E-state index contributed by atoms with van der Waals surface area (Å²) in [5.74, 6) is 0. The van der Waals surface area contributed by atoms with Crippen LogP contribution < -0.4 is 65.8 Å². The van der Waals surface area contributed by atoms with Crippen molar-refractivity contribution in [3.05, 3.63) is 217 Å². The Hall–Kier alpha value is -3.72. The molecule has 0 bridgehead atoms. The summed E-state index contributed by atoms with van der Waals surface area (Å²) in [6.07, 6.45) is 2.25. The third kappa shape index (κ3) is 8.12. The zero-order chi connectivity index (χ0) is 35.1. The van der Waals surface area contributed by atoms with Gasteiger partial charge >= 0.3 is 0 Å². The Morgan fingerprint density at radius 3 is 1.04 bits per heavy atom. The van der Waals surface area contributed by atoms with E-state index in [1.807, 2.05) is 0 Å². The summed E-state index contributed by atoms with van der Waals surface area (Å²) in [5, 5.41) is 8.25. The number of halogens is 2. The second-order valence-electron chi connectivity index (χ2n) is 13.4. The molecule has 272 valence electrons. The van der Waals surface area contributed by atoms with Crippen molar-refractivity contribution >= 4 is 46.4 Å². The molecule has 1 heterocycles. The van der Waals surface area contributed by atoms with E-state index < -0.39 is 20.8 Å². The van der Waals surface area contributed by atoms with Crippen LogP contribution in [0.2, 0.25) is 0 Å². The van der Waals surface area contributed by atoms with Crippen LogP contribution in [-0.4, -0.2) is 13.2 Å². The Kier molecular flexibility index (Phi) is 13.9. The predicted molar refractivity (Wildman–Crippen MR) is 223 cm³/mol. The van der Waals surface area contributed by atoms with E-state index in [2.05, 4.69) is 200 Å². The Morgan fingerprint density at radius 2 is 0.704 bits per heavy atom. The van der Waals surface area contributed by atoms with Crippen LogP contribution in [0.4, 0.5) is 0 Å². The first kappa shape index (κ1) is 40.0. The van der Waals surface area contributed by atoms with Crippen molar-refractivity contribution in [1.29, 1.82) is 0 Å². The fourth-order valence-electron chi connectivity index (χ4n) is 7.84. The molecule has 0 radical (unpaired) electrons. The summed E-state index contributed by atoms with van der Waals surface area (Å²) in [5.41, 5.74) is 3.73. The molecule has 0 amide bonds. The molecular formula is C48H44Br2O2P2. The third-order valence-corrected chi connectivity index (χ3v) is 19.0. The summed E-state index contributed by atoms with van der Waals surface area (Å²) in [6.45, 7) is 1.39. The quantitative estimate of drug-likeness (QED) is 0.187. The van der Waals surface area contributed by atoms with E-state index in [0.29, 0.717) is 13.2 Å². The minimum absolute atomic E-state index is 0. The van der Waals surface area contributed by atoms with Gasteiger partial charge in [-0.3, -0.25) is 0 Å². The lowest BCUT2D eigenvalue weighted by Gasteiger charge is -2.31. The third-order valence-electron chi connectivity index (χ3n) is 10.3. The molecule has 7 aromatic carbocycles. The van der Waals surface area contributed by atoms with Gasteiger partial charge in [-0.1, -0.05) is 121 Å². The fourth-order valence-corrected chi connectivity index (χ4v) is 16.4. The number of hydrogen-bond donors (Lipinski definition) is 0. The van der Waals surface area contributed by atoms with Gasteiger partial charge in [-0.2, -0.15) is 0 Å². The van der Waals surface area contributed by atoms with Crippen LogP contribution >= 0.6 is 14.5 Å². The molecule has 0 saturated carbocycles. The van der Waals surface area contributed by atoms with E-state index in [1.54, 1.807) is 0 Å². The molecule has 0 unspecified atom stereocenters. The SMILES string of the molecule is [Br-].[Br-].c1ccc([P+](Cc2ccc(C[P+](c3ccccc3)(c3ccccc3)c3ccccc3)c(C3OCCCO3)c2)(c2ccccc2)c2ccccc2)cc1. The second kappa shape index (κ2) is 18.7. The minimum Gasteiger partial charge on any atom is -1.00 e. The van der Waals surface area contributed by atoms with Gasteiger partial charge < -0.3 is 43.4 Å². The molecule has 54 heavy (non-hydrogen) atoms. The van der Waals surface area contributed by atoms with Gasteiger partial charge in [-0.05, 0) is 96.4 Å². The topological polar surface area (TPSA) is 18.5 Å². The largest absolute Gasteiger partial charge is 1.00 e. The summed E-state index contributed by atoms with van der Waals surface area (Å²) < 4.78 is 12.9. The Morgan fingerprint density at radius 1 is 0.389 bits per heavy atom. The molecule has 6 heteroatoms. The van der Waals surface area contributed by atoms with Gasteiger partial charge in [0.1, 0.15) is 46.4 Å². The average molecular weight is 875 g/mol. The smallest absolute Gasteiger partial charge is 0.184 e. The van der Waals surface area contributed by atoms with Crippen LogP contribution in [-0.2, 0) is 21.8 Å². The van der Waals surface area contributed by atoms with E-state index in [-0.39, 0.29) is 34.0 Å². The Bertz CT molecular complexity index is 1970. The fraction of sp³-hybridized carbons (Fsp3) is 0.125. The number of rotatable bonds is 11. The molecule has 7 aromatic rings. The van der Waals surface area contributed by atoms with Crippen molar-refractivity contribution in [3.8, 4) is 0 Å². The number of ether oxygens (including phenoxy) is 2. The maximum absolute atomic E-state index is 6.47. The number of benzene rings is 7. The van der Waals surface area contributed by atoms with Crippen molar-refractivity contribution in [2.24, 2.45) is 0 Å². The first-order chi connectivity index (χ1) is 25.8. The van der Waals surface area contributed by atoms with Crippen molar-refractivity contribution in [2.75, 3.05) is 13.2 Å². The highest BCUT2D eigenvalue weighted by Crippen LogP contribution is 2.60. The monoisotopic (exact) mass is 872 g/mol. The normalized spacial score (nSPS) is 13.3. The lowest BCUT2D eigenvalue weighted by atomic mass is 10.0. The zero-order valence-corrected chi connectivity index (χ0v) is 35.1. The van der Waals surface area contributed by atoms with Gasteiger partial charge in [0.15, 0.2) is 6.29 Å². The lowest BCUT2D eigenvalue weighted by molar-refractivity contribution is -0.183. The van der Waals surface area contributed by atoms with E-state index in [0.717, 1.165) is 24.3 Å². The van der Waals surface area contributed by atoms with E-state index in [1.165, 1.54) is 43.0 Å². The first-order valence-corrected chi connectivity index (χ1v) is 22.2. The van der Waals surface area contributed by atoms with Gasteiger partial charge in [0, 0.05) is 5.56 Å². The highest BCUT2D eigenvalue weighted by molar-refractivity contribution is 7.95. The van der Waals surface area contributed by atoms with Crippen LogP contribution in [0, 0.1) is 0 Å². The molecule has 0 aliphatic carbocycles. The molecule has 8 rings (SSSR count). The van der Waals surface area contributed by atoms with Crippen molar-refractivity contribution in [2.45, 2.75) is 25.0 Å². The molecule has 0 aromatic heterocycles. The highest BCUT2D eigenvalue weighted by Gasteiger charge is 2.48. The summed E-state index contributed by atoms with van der Waals surface area (Å²) in [7, 11) is -4.27. The van der Waals surface area contributed by atoms with Gasteiger partial charge in [0.2, 0.25) is 0 Å². The highest BCUT2D eigenvalue weighted by atomic mass is 79.9. The minimum atomic E-state index is -2.16. The van der Waals surface area contributed by atoms with Gasteiger partial charge in [0.25, 0.3) is 0 Å². The van der Waals surface area contributed by atoms with E-state index >= 15 is 0 Å². The van der Waals surface area contributed by atoms with Gasteiger partial charge in [-0.15, -0.1) is 0 Å². The average Bonchev–Trinajstić information content (AvgIpc) is 3.24. The summed E-state index contributed by atoms with van der Waals surface area (Å²) >= 11 is 0. The lowest BCUT2D eigenvalue weighted by Crippen LogP contribution is -3.00. The van der Waals surface area contributed by atoms with Crippen LogP contribution in [0.1, 0.15) is 29.4 Å². The van der Waals surface area contributed by atoms with Crippen LogP contribution in [0.15, 0.2) is 200 Å². The molecule has 1 fully saturated rings. The summed E-state index contributed by atoms with van der Waals surface area (Å²) in [4.78, 5) is 0. The molecule has 2 nitrogen and oxygen atoms in total. The number of hydrogen-bond acceptors (Lipinski definition) is 2. The Balaban J connectivity index is 0.00000249. The molecule has 1 saturated heterocycles. The van der Waals surface area contributed by atoms with Crippen molar-refractivity contribution in [1.82, 2.24) is 0 Å². The maximum Gasteiger partial charge on any atom is 0.184 e. The van der Waals surface area contributed by atoms with Crippen molar-refractivity contribution in [3.63, 3.8) is 0 Å². The van der Waals surface area contributed by atoms with E-state index in [9.17, 15) is 0 Å². The molecular weight excluding hydrogens is 830 g/mol.